The number of hydrogen-bond donors (Lipinski definition) is 1. The summed E-state index contributed by atoms with van der Waals surface area (Å²) in [5.74, 6) is 1.16. The van der Waals surface area contributed by atoms with E-state index in [1.165, 1.54) is 11.1 Å². The number of fused-ring (bicyclic) bond motifs is 2. The Hall–Kier alpha value is -1.94. The number of carbonyl (C=O) groups is 1. The first-order chi connectivity index (χ1) is 10.2. The summed E-state index contributed by atoms with van der Waals surface area (Å²) in [6.07, 6.45) is 0.857. The molecule has 4 heteroatoms. The molecule has 1 heterocycles. The lowest BCUT2D eigenvalue weighted by Crippen LogP contribution is -2.42. The molecule has 0 saturated heterocycles. The van der Waals surface area contributed by atoms with Gasteiger partial charge in [0.2, 0.25) is 5.91 Å². The topological polar surface area (TPSA) is 46.3 Å². The third-order valence-electron chi connectivity index (χ3n) is 4.26. The van der Waals surface area contributed by atoms with E-state index >= 15 is 0 Å². The molecule has 2 aromatic carbocycles. The van der Waals surface area contributed by atoms with Crippen molar-refractivity contribution >= 4 is 29.0 Å². The van der Waals surface area contributed by atoms with Crippen LogP contribution in [0, 0.1) is 0 Å². The fraction of sp³-hybridized carbons (Fsp3) is 0.235. The second-order valence-electron chi connectivity index (χ2n) is 5.52. The molecule has 2 aromatic rings. The number of nitrogens with two attached hydrogens (primary N) is 1. The summed E-state index contributed by atoms with van der Waals surface area (Å²) in [4.78, 5) is 16.0. The van der Waals surface area contributed by atoms with E-state index in [2.05, 4.69) is 12.1 Å². The van der Waals surface area contributed by atoms with Crippen molar-refractivity contribution in [1.29, 1.82) is 0 Å². The number of nitrogens with zero attached hydrogens (tertiary/aromatic N) is 1. The average molecular weight is 296 g/mol. The van der Waals surface area contributed by atoms with Gasteiger partial charge in [0.15, 0.2) is 0 Å². The maximum atomic E-state index is 12.9. The first-order valence-corrected chi connectivity index (χ1v) is 8.14. The van der Waals surface area contributed by atoms with E-state index in [1.54, 1.807) is 11.8 Å². The van der Waals surface area contributed by atoms with Gasteiger partial charge in [-0.3, -0.25) is 4.79 Å². The lowest BCUT2D eigenvalue weighted by Gasteiger charge is -2.36. The third kappa shape index (κ3) is 2.02. The second kappa shape index (κ2) is 4.81. The smallest absolute Gasteiger partial charge is 0.234 e. The van der Waals surface area contributed by atoms with Crippen LogP contribution in [-0.4, -0.2) is 18.2 Å². The van der Waals surface area contributed by atoms with Crippen LogP contribution in [0.3, 0.4) is 0 Å². The molecule has 0 bridgehead atoms. The Morgan fingerprint density at radius 3 is 2.95 bits per heavy atom. The van der Waals surface area contributed by atoms with E-state index < -0.39 is 0 Å². The molecule has 21 heavy (non-hydrogen) atoms. The highest BCUT2D eigenvalue weighted by atomic mass is 32.2. The predicted molar refractivity (Wildman–Crippen MR) is 86.8 cm³/mol. The molecule has 0 spiro atoms. The molecule has 0 saturated carbocycles. The standard InChI is InChI=1S/C17H16N2OS/c18-12-5-6-16-15(10-12)19(7-8-21-16)17(20)14-9-11-3-1-2-4-13(11)14/h1-6,10,14H,7-9,18H2. The minimum Gasteiger partial charge on any atom is -0.399 e. The monoisotopic (exact) mass is 296 g/mol. The molecule has 2 N–H and O–H groups in total. The van der Waals surface area contributed by atoms with E-state index in [1.807, 2.05) is 35.2 Å². The lowest BCUT2D eigenvalue weighted by molar-refractivity contribution is -0.120. The molecule has 4 rings (SSSR count). The molecule has 2 aliphatic rings. The van der Waals surface area contributed by atoms with Crippen LogP contribution in [0.25, 0.3) is 0 Å². The van der Waals surface area contributed by atoms with Gasteiger partial charge in [-0.05, 0) is 35.7 Å². The minimum atomic E-state index is 0.0126. The van der Waals surface area contributed by atoms with Crippen molar-refractivity contribution in [1.82, 2.24) is 0 Å². The Morgan fingerprint density at radius 2 is 2.10 bits per heavy atom. The van der Waals surface area contributed by atoms with Crippen LogP contribution in [0.4, 0.5) is 11.4 Å². The van der Waals surface area contributed by atoms with Gasteiger partial charge in [0.05, 0.1) is 11.6 Å². The first kappa shape index (κ1) is 12.8. The summed E-state index contributed by atoms with van der Waals surface area (Å²) in [7, 11) is 0. The van der Waals surface area contributed by atoms with Gasteiger partial charge in [-0.2, -0.15) is 0 Å². The van der Waals surface area contributed by atoms with Gasteiger partial charge in [0.1, 0.15) is 0 Å². The van der Waals surface area contributed by atoms with E-state index in [-0.39, 0.29) is 11.8 Å². The van der Waals surface area contributed by atoms with Gasteiger partial charge in [0, 0.05) is 22.9 Å². The lowest BCUT2D eigenvalue weighted by atomic mass is 9.77. The number of hydrogen-bond acceptors (Lipinski definition) is 3. The number of thioether (sulfide) groups is 1. The predicted octanol–water partition coefficient (Wildman–Crippen LogP) is 3.05. The highest BCUT2D eigenvalue weighted by molar-refractivity contribution is 7.99. The zero-order valence-electron chi connectivity index (χ0n) is 11.6. The summed E-state index contributed by atoms with van der Waals surface area (Å²) in [6, 6.07) is 14.1. The van der Waals surface area contributed by atoms with Crippen LogP contribution in [0.2, 0.25) is 0 Å². The Kier molecular flexibility index (Phi) is 2.93. The highest BCUT2D eigenvalue weighted by Crippen LogP contribution is 2.41. The van der Waals surface area contributed by atoms with Crippen LogP contribution in [0.5, 0.6) is 0 Å². The maximum absolute atomic E-state index is 12.9. The number of rotatable bonds is 1. The van der Waals surface area contributed by atoms with E-state index in [9.17, 15) is 4.79 Å². The van der Waals surface area contributed by atoms with Crippen LogP contribution >= 0.6 is 11.8 Å². The van der Waals surface area contributed by atoms with E-state index in [0.717, 1.165) is 29.3 Å². The molecule has 0 aromatic heterocycles. The van der Waals surface area contributed by atoms with Crippen LogP contribution < -0.4 is 10.6 Å². The molecule has 1 atom stereocenters. The third-order valence-corrected chi connectivity index (χ3v) is 5.31. The zero-order valence-corrected chi connectivity index (χ0v) is 12.4. The van der Waals surface area contributed by atoms with Gasteiger partial charge in [-0.25, -0.2) is 0 Å². The Morgan fingerprint density at radius 1 is 1.24 bits per heavy atom. The number of benzene rings is 2. The molecule has 1 aliphatic carbocycles. The van der Waals surface area contributed by atoms with Crippen molar-refractivity contribution in [3.05, 3.63) is 53.6 Å². The van der Waals surface area contributed by atoms with Gasteiger partial charge >= 0.3 is 0 Å². The Bertz CT molecular complexity index is 728. The van der Waals surface area contributed by atoms with Crippen molar-refractivity contribution in [2.45, 2.75) is 17.2 Å². The van der Waals surface area contributed by atoms with Gasteiger partial charge < -0.3 is 10.6 Å². The summed E-state index contributed by atoms with van der Waals surface area (Å²) >= 11 is 1.79. The van der Waals surface area contributed by atoms with E-state index in [4.69, 9.17) is 5.73 Å². The van der Waals surface area contributed by atoms with E-state index in [0.29, 0.717) is 5.69 Å². The molecule has 0 radical (unpaired) electrons. The van der Waals surface area contributed by atoms with Crippen LogP contribution in [0.1, 0.15) is 17.0 Å². The number of carbonyl (C=O) groups excluding carboxylic acids is 1. The fourth-order valence-electron chi connectivity index (χ4n) is 3.13. The summed E-state index contributed by atoms with van der Waals surface area (Å²) < 4.78 is 0. The largest absolute Gasteiger partial charge is 0.399 e. The summed E-state index contributed by atoms with van der Waals surface area (Å²) in [6.45, 7) is 0.763. The average Bonchev–Trinajstić information content (AvgIpc) is 2.47. The normalized spacial score (nSPS) is 19.4. The highest BCUT2D eigenvalue weighted by Gasteiger charge is 2.36. The number of amides is 1. The van der Waals surface area contributed by atoms with Crippen molar-refractivity contribution in [3.63, 3.8) is 0 Å². The SMILES string of the molecule is Nc1ccc2c(c1)N(C(=O)C1Cc3ccccc31)CCS2. The molecule has 0 fully saturated rings. The summed E-state index contributed by atoms with van der Waals surface area (Å²) in [5, 5.41) is 0. The zero-order chi connectivity index (χ0) is 14.4. The molecular formula is C17H16N2OS. The fourth-order valence-corrected chi connectivity index (χ4v) is 4.11. The second-order valence-corrected chi connectivity index (χ2v) is 6.66. The summed E-state index contributed by atoms with van der Waals surface area (Å²) in [5.41, 5.74) is 10.1. The van der Waals surface area contributed by atoms with Crippen LogP contribution in [-0.2, 0) is 11.2 Å². The van der Waals surface area contributed by atoms with Gasteiger partial charge in [0.25, 0.3) is 0 Å². The van der Waals surface area contributed by atoms with Gasteiger partial charge in [-0.15, -0.1) is 11.8 Å². The quantitative estimate of drug-likeness (QED) is 0.823. The molecule has 1 unspecified atom stereocenters. The van der Waals surface area contributed by atoms with Gasteiger partial charge in [-0.1, -0.05) is 24.3 Å². The molecular weight excluding hydrogens is 280 g/mol. The first-order valence-electron chi connectivity index (χ1n) is 7.15. The Balaban J connectivity index is 1.67. The number of nitrogen functional groups attached to an aromatic ring is 1. The van der Waals surface area contributed by atoms with Crippen molar-refractivity contribution in [2.24, 2.45) is 0 Å². The molecule has 106 valence electrons. The van der Waals surface area contributed by atoms with Crippen molar-refractivity contribution < 1.29 is 4.79 Å². The molecule has 1 amide bonds. The van der Waals surface area contributed by atoms with Crippen molar-refractivity contribution in [3.8, 4) is 0 Å². The van der Waals surface area contributed by atoms with Crippen LogP contribution in [0.15, 0.2) is 47.4 Å². The Labute approximate surface area is 128 Å². The maximum Gasteiger partial charge on any atom is 0.234 e. The molecule has 3 nitrogen and oxygen atoms in total. The molecule has 1 aliphatic heterocycles. The van der Waals surface area contributed by atoms with Crippen molar-refractivity contribution in [2.75, 3.05) is 22.9 Å². The minimum absolute atomic E-state index is 0.0126. The number of anilines is 2.